The van der Waals surface area contributed by atoms with Gasteiger partial charge in [0, 0.05) is 0 Å². The van der Waals surface area contributed by atoms with Crippen LogP contribution in [0.15, 0.2) is 0 Å². The van der Waals surface area contributed by atoms with Crippen LogP contribution in [-0.4, -0.2) is 19.8 Å². The van der Waals surface area contributed by atoms with Crippen LogP contribution in [0.3, 0.4) is 0 Å². The Morgan fingerprint density at radius 3 is 2.00 bits per heavy atom. The van der Waals surface area contributed by atoms with E-state index < -0.39 is 14.4 Å². The maximum absolute atomic E-state index is 8.62. The zero-order chi connectivity index (χ0) is 9.07. The van der Waals surface area contributed by atoms with Crippen molar-refractivity contribution >= 4 is 19.9 Å². The number of alkyl halides is 1. The van der Waals surface area contributed by atoms with E-state index in [2.05, 4.69) is 0 Å². The Morgan fingerprint density at radius 1 is 1.45 bits per heavy atom. The molecule has 0 aliphatic heterocycles. The molecule has 0 aromatic rings. The van der Waals surface area contributed by atoms with E-state index in [-0.39, 0.29) is 5.38 Å². The highest BCUT2D eigenvalue weighted by Crippen LogP contribution is 2.12. The molecule has 0 radical (unpaired) electrons. The first-order chi connectivity index (χ1) is 4.87. The van der Waals surface area contributed by atoms with Crippen LogP contribution in [-0.2, 0) is 4.43 Å². The number of hydrogen-bond donors (Lipinski definition) is 0. The van der Waals surface area contributed by atoms with E-state index in [4.69, 9.17) is 21.3 Å². The lowest BCUT2D eigenvalue weighted by Gasteiger charge is -2.22. The topological polar surface area (TPSA) is 33.0 Å². The highest BCUT2D eigenvalue weighted by molar-refractivity contribution is 6.69. The maximum atomic E-state index is 8.62. The van der Waals surface area contributed by atoms with Crippen molar-refractivity contribution < 1.29 is 4.43 Å². The molecule has 0 aliphatic carbocycles. The van der Waals surface area contributed by atoms with E-state index in [1.165, 1.54) is 0 Å². The predicted octanol–water partition coefficient (Wildman–Crippen LogP) is 2.36. The summed E-state index contributed by atoms with van der Waals surface area (Å²) in [5.74, 6) is 0. The molecule has 4 heteroatoms. The molecule has 2 atom stereocenters. The van der Waals surface area contributed by atoms with Gasteiger partial charge in [0.05, 0.1) is 11.4 Å². The lowest BCUT2D eigenvalue weighted by atomic mass is 10.3. The standard InChI is InChI=1S/C7H14ClNOSi/c1-6(8)7(5-9)10-11(2,3)4/h6-7H,1-4H3/t6-,7?/m1/s1. The summed E-state index contributed by atoms with van der Waals surface area (Å²) >= 11 is 5.72. The van der Waals surface area contributed by atoms with Gasteiger partial charge in [0.1, 0.15) is 6.10 Å². The van der Waals surface area contributed by atoms with Gasteiger partial charge in [-0.2, -0.15) is 5.26 Å². The molecular formula is C7H14ClNOSi. The fraction of sp³-hybridized carbons (Fsp3) is 0.857. The molecular weight excluding hydrogens is 178 g/mol. The molecule has 1 unspecified atom stereocenters. The molecule has 0 fully saturated rings. The van der Waals surface area contributed by atoms with E-state index in [1.807, 2.05) is 25.7 Å². The SMILES string of the molecule is C[C@@H](Cl)C(C#N)O[Si](C)(C)C. The lowest BCUT2D eigenvalue weighted by molar-refractivity contribution is 0.248. The first-order valence-electron chi connectivity index (χ1n) is 3.58. The maximum Gasteiger partial charge on any atom is 0.185 e. The van der Waals surface area contributed by atoms with Crippen LogP contribution in [0, 0.1) is 11.3 Å². The van der Waals surface area contributed by atoms with Crippen molar-refractivity contribution in [2.24, 2.45) is 0 Å². The average molecular weight is 192 g/mol. The van der Waals surface area contributed by atoms with Crippen molar-refractivity contribution in [3.63, 3.8) is 0 Å². The minimum absolute atomic E-state index is 0.230. The van der Waals surface area contributed by atoms with Crippen molar-refractivity contribution in [2.45, 2.75) is 38.0 Å². The molecule has 64 valence electrons. The Labute approximate surface area is 74.2 Å². The van der Waals surface area contributed by atoms with Crippen molar-refractivity contribution in [3.05, 3.63) is 0 Å². The molecule has 0 amide bonds. The monoisotopic (exact) mass is 191 g/mol. The quantitative estimate of drug-likeness (QED) is 0.507. The van der Waals surface area contributed by atoms with Gasteiger partial charge in [-0.1, -0.05) is 0 Å². The molecule has 0 spiro atoms. The smallest absolute Gasteiger partial charge is 0.185 e. The number of hydrogen-bond acceptors (Lipinski definition) is 2. The molecule has 0 heterocycles. The van der Waals surface area contributed by atoms with E-state index in [1.54, 1.807) is 6.92 Å². The molecule has 2 nitrogen and oxygen atoms in total. The summed E-state index contributed by atoms with van der Waals surface area (Å²) in [7, 11) is -1.61. The van der Waals surface area contributed by atoms with Crippen LogP contribution in [0.4, 0.5) is 0 Å². The van der Waals surface area contributed by atoms with Crippen LogP contribution in [0.1, 0.15) is 6.92 Å². The summed E-state index contributed by atoms with van der Waals surface area (Å²) < 4.78 is 5.49. The van der Waals surface area contributed by atoms with Crippen LogP contribution >= 0.6 is 11.6 Å². The molecule has 0 saturated carbocycles. The Bertz CT molecular complexity index is 159. The van der Waals surface area contributed by atoms with Gasteiger partial charge in [0.25, 0.3) is 0 Å². The second kappa shape index (κ2) is 4.10. The molecule has 0 saturated heterocycles. The van der Waals surface area contributed by atoms with Gasteiger partial charge in [-0.15, -0.1) is 11.6 Å². The van der Waals surface area contributed by atoms with E-state index in [0.717, 1.165) is 0 Å². The predicted molar refractivity (Wildman–Crippen MR) is 49.1 cm³/mol. The lowest BCUT2D eigenvalue weighted by Crippen LogP contribution is -2.35. The zero-order valence-corrected chi connectivity index (χ0v) is 9.14. The molecule has 0 aliphatic rings. The van der Waals surface area contributed by atoms with E-state index in [0.29, 0.717) is 0 Å². The highest BCUT2D eigenvalue weighted by Gasteiger charge is 2.23. The fourth-order valence-electron chi connectivity index (χ4n) is 0.604. The fourth-order valence-corrected chi connectivity index (χ4v) is 1.82. The summed E-state index contributed by atoms with van der Waals surface area (Å²) in [6.45, 7) is 7.89. The summed E-state index contributed by atoms with van der Waals surface area (Å²) in [6.07, 6.45) is -0.455. The Kier molecular flexibility index (Phi) is 4.08. The third-order valence-electron chi connectivity index (χ3n) is 1.02. The van der Waals surface area contributed by atoms with Gasteiger partial charge in [-0.3, -0.25) is 0 Å². The normalized spacial score (nSPS) is 17.1. The van der Waals surface area contributed by atoms with Crippen molar-refractivity contribution in [1.29, 1.82) is 5.26 Å². The second-order valence-corrected chi connectivity index (χ2v) is 8.61. The summed E-state index contributed by atoms with van der Waals surface area (Å²) in [4.78, 5) is 0. The minimum Gasteiger partial charge on any atom is -0.401 e. The van der Waals surface area contributed by atoms with Gasteiger partial charge >= 0.3 is 0 Å². The molecule has 0 N–H and O–H groups in total. The van der Waals surface area contributed by atoms with Crippen LogP contribution in [0.25, 0.3) is 0 Å². The second-order valence-electron chi connectivity index (χ2n) is 3.46. The zero-order valence-electron chi connectivity index (χ0n) is 7.39. The Morgan fingerprint density at radius 2 is 1.91 bits per heavy atom. The number of halogens is 1. The van der Waals surface area contributed by atoms with Gasteiger partial charge in [-0.25, -0.2) is 0 Å². The third kappa shape index (κ3) is 5.25. The Hall–Kier alpha value is -0.0431. The first kappa shape index (κ1) is 11.0. The van der Waals surface area contributed by atoms with Crippen LogP contribution < -0.4 is 0 Å². The van der Waals surface area contributed by atoms with E-state index >= 15 is 0 Å². The molecule has 0 rings (SSSR count). The van der Waals surface area contributed by atoms with Crippen LogP contribution in [0.2, 0.25) is 19.6 Å². The van der Waals surface area contributed by atoms with Gasteiger partial charge in [0.2, 0.25) is 0 Å². The van der Waals surface area contributed by atoms with Crippen molar-refractivity contribution in [1.82, 2.24) is 0 Å². The minimum atomic E-state index is -1.61. The largest absolute Gasteiger partial charge is 0.401 e. The number of rotatable bonds is 3. The molecule has 0 aromatic heterocycles. The van der Waals surface area contributed by atoms with Crippen LogP contribution in [0.5, 0.6) is 0 Å². The highest BCUT2D eigenvalue weighted by atomic mass is 35.5. The number of nitrogens with zero attached hydrogens (tertiary/aromatic N) is 1. The number of nitriles is 1. The van der Waals surface area contributed by atoms with E-state index in [9.17, 15) is 0 Å². The van der Waals surface area contributed by atoms with Crippen molar-refractivity contribution in [3.8, 4) is 6.07 Å². The molecule has 0 aromatic carbocycles. The van der Waals surface area contributed by atoms with Gasteiger partial charge in [-0.05, 0) is 26.6 Å². The summed E-state index contributed by atoms with van der Waals surface area (Å²) in [6, 6.07) is 2.04. The first-order valence-corrected chi connectivity index (χ1v) is 7.43. The summed E-state index contributed by atoms with van der Waals surface area (Å²) in [5.41, 5.74) is 0. The van der Waals surface area contributed by atoms with Gasteiger partial charge < -0.3 is 4.43 Å². The third-order valence-corrected chi connectivity index (χ3v) is 2.21. The summed E-state index contributed by atoms with van der Waals surface area (Å²) in [5, 5.41) is 8.39. The van der Waals surface area contributed by atoms with Gasteiger partial charge in [0.15, 0.2) is 8.32 Å². The Balaban J connectivity index is 4.02. The molecule has 0 bridgehead atoms. The molecule has 11 heavy (non-hydrogen) atoms. The van der Waals surface area contributed by atoms with Crippen molar-refractivity contribution in [2.75, 3.05) is 0 Å². The average Bonchev–Trinajstić information content (AvgIpc) is 1.80.